The molecule has 3 heterocycles. The lowest BCUT2D eigenvalue weighted by atomic mass is 10.2. The summed E-state index contributed by atoms with van der Waals surface area (Å²) in [5, 5.41) is 0. The molecule has 24 heavy (non-hydrogen) atoms. The van der Waals surface area contributed by atoms with Gasteiger partial charge in [0.15, 0.2) is 0 Å². The van der Waals surface area contributed by atoms with Crippen LogP contribution in [0, 0.1) is 11.8 Å². The molecule has 0 N–H and O–H groups in total. The van der Waals surface area contributed by atoms with Gasteiger partial charge in [-0.3, -0.25) is 9.78 Å². The zero-order chi connectivity index (χ0) is 16.5. The Morgan fingerprint density at radius 2 is 2.17 bits per heavy atom. The first kappa shape index (κ1) is 15.4. The second-order valence-electron chi connectivity index (χ2n) is 6.94. The fourth-order valence-corrected chi connectivity index (χ4v) is 3.41. The summed E-state index contributed by atoms with van der Waals surface area (Å²) in [5.74, 6) is 1.02. The molecule has 4 rings (SSSR count). The van der Waals surface area contributed by atoms with Crippen molar-refractivity contribution in [3.63, 3.8) is 0 Å². The highest BCUT2D eigenvalue weighted by atomic mass is 16.5. The third-order valence-electron chi connectivity index (χ3n) is 5.03. The summed E-state index contributed by atoms with van der Waals surface area (Å²) in [6.07, 6.45) is 4.86. The summed E-state index contributed by atoms with van der Waals surface area (Å²) in [5.41, 5.74) is 2.10. The molecule has 1 saturated carbocycles. The Morgan fingerprint density at radius 3 is 2.92 bits per heavy atom. The molecule has 0 aromatic carbocycles. The lowest BCUT2D eigenvalue weighted by Gasteiger charge is -2.24. The fraction of sp³-hybridized carbons (Fsp3) is 0.474. The average Bonchev–Trinajstić information content (AvgIpc) is 3.23. The Kier molecular flexibility index (Phi) is 4.10. The van der Waals surface area contributed by atoms with Crippen molar-refractivity contribution in [2.24, 2.45) is 11.8 Å². The Hall–Kier alpha value is -2.14. The first-order valence-corrected chi connectivity index (χ1v) is 8.65. The van der Waals surface area contributed by atoms with Gasteiger partial charge in [-0.1, -0.05) is 13.0 Å². The van der Waals surface area contributed by atoms with E-state index >= 15 is 0 Å². The Balaban J connectivity index is 1.48. The third-order valence-corrected chi connectivity index (χ3v) is 5.03. The molecule has 2 aromatic heterocycles. The minimum atomic E-state index is -0.0151. The van der Waals surface area contributed by atoms with Gasteiger partial charge in [0.1, 0.15) is 0 Å². The number of rotatable bonds is 4. The van der Waals surface area contributed by atoms with Crippen LogP contribution in [0.2, 0.25) is 0 Å². The number of aromatic nitrogens is 2. The van der Waals surface area contributed by atoms with E-state index in [1.807, 2.05) is 29.2 Å². The highest BCUT2D eigenvalue weighted by molar-refractivity contribution is 5.81. The standard InChI is InChI=1S/C19H23N3O2/c1-14-9-18(14)19(23)22-10-16-6-4-8-21(16)11-17(12-22)24-13-15-5-2-3-7-20-15/h2-8,14,17-18H,9-13H2,1H3/t14-,17-,18+/m1/s1. The fourth-order valence-electron chi connectivity index (χ4n) is 3.41. The number of carbonyl (C=O) groups excluding carboxylic acids is 1. The first-order valence-electron chi connectivity index (χ1n) is 8.65. The van der Waals surface area contributed by atoms with Crippen molar-refractivity contribution in [1.82, 2.24) is 14.5 Å². The predicted molar refractivity (Wildman–Crippen MR) is 89.9 cm³/mol. The first-order chi connectivity index (χ1) is 11.7. The highest BCUT2D eigenvalue weighted by Gasteiger charge is 2.42. The van der Waals surface area contributed by atoms with E-state index < -0.39 is 0 Å². The number of hydrogen-bond donors (Lipinski definition) is 0. The summed E-state index contributed by atoms with van der Waals surface area (Å²) < 4.78 is 8.31. The van der Waals surface area contributed by atoms with Gasteiger partial charge < -0.3 is 14.2 Å². The molecular weight excluding hydrogens is 302 g/mol. The Bertz CT molecular complexity index is 712. The summed E-state index contributed by atoms with van der Waals surface area (Å²) >= 11 is 0. The summed E-state index contributed by atoms with van der Waals surface area (Å²) in [6.45, 7) is 4.73. The number of ether oxygens (including phenoxy) is 1. The molecule has 0 spiro atoms. The van der Waals surface area contributed by atoms with Crippen molar-refractivity contribution >= 4 is 5.91 Å². The predicted octanol–water partition coefficient (Wildman–Crippen LogP) is 2.47. The van der Waals surface area contributed by atoms with Gasteiger partial charge in [-0.2, -0.15) is 0 Å². The van der Waals surface area contributed by atoms with Crippen LogP contribution in [0.3, 0.4) is 0 Å². The minimum absolute atomic E-state index is 0.0151. The maximum Gasteiger partial charge on any atom is 0.226 e. The molecule has 2 aliphatic rings. The van der Waals surface area contributed by atoms with E-state index in [-0.39, 0.29) is 17.9 Å². The molecule has 2 aromatic rings. The lowest BCUT2D eigenvalue weighted by molar-refractivity contribution is -0.135. The second kappa shape index (κ2) is 6.40. The second-order valence-corrected chi connectivity index (χ2v) is 6.94. The van der Waals surface area contributed by atoms with Gasteiger partial charge in [0, 0.05) is 30.6 Å². The SMILES string of the molecule is C[C@@H]1C[C@@H]1C(=O)N1Cc2cccn2C[C@@H](OCc2ccccn2)C1. The number of amides is 1. The number of nitrogens with zero attached hydrogens (tertiary/aromatic N) is 3. The van der Waals surface area contributed by atoms with E-state index in [9.17, 15) is 4.79 Å². The van der Waals surface area contributed by atoms with Crippen LogP contribution in [0.25, 0.3) is 0 Å². The molecule has 0 bridgehead atoms. The van der Waals surface area contributed by atoms with Crippen LogP contribution in [0.1, 0.15) is 24.7 Å². The lowest BCUT2D eigenvalue weighted by Crippen LogP contribution is -2.38. The molecule has 1 amide bonds. The van der Waals surface area contributed by atoms with Crippen LogP contribution in [0.4, 0.5) is 0 Å². The van der Waals surface area contributed by atoms with Crippen LogP contribution < -0.4 is 0 Å². The van der Waals surface area contributed by atoms with Crippen molar-refractivity contribution in [2.45, 2.75) is 39.1 Å². The maximum absolute atomic E-state index is 12.7. The van der Waals surface area contributed by atoms with Crippen molar-refractivity contribution in [1.29, 1.82) is 0 Å². The topological polar surface area (TPSA) is 47.4 Å². The van der Waals surface area contributed by atoms with E-state index in [0.717, 1.165) is 18.7 Å². The number of fused-ring (bicyclic) bond motifs is 1. The van der Waals surface area contributed by atoms with Crippen LogP contribution in [-0.2, 0) is 29.2 Å². The molecular formula is C19H23N3O2. The number of hydrogen-bond acceptors (Lipinski definition) is 3. The molecule has 0 unspecified atom stereocenters. The van der Waals surface area contributed by atoms with Gasteiger partial charge in [0.25, 0.3) is 0 Å². The molecule has 0 saturated heterocycles. The largest absolute Gasteiger partial charge is 0.368 e. The summed E-state index contributed by atoms with van der Waals surface area (Å²) in [7, 11) is 0. The summed E-state index contributed by atoms with van der Waals surface area (Å²) in [4.78, 5) is 19.0. The van der Waals surface area contributed by atoms with Gasteiger partial charge in [0.05, 0.1) is 31.5 Å². The quantitative estimate of drug-likeness (QED) is 0.867. The average molecular weight is 325 g/mol. The normalized spacial score (nSPS) is 25.9. The van der Waals surface area contributed by atoms with Gasteiger partial charge in [0.2, 0.25) is 5.91 Å². The van der Waals surface area contributed by atoms with E-state index in [1.165, 1.54) is 5.69 Å². The number of carbonyl (C=O) groups is 1. The van der Waals surface area contributed by atoms with Crippen molar-refractivity contribution in [3.8, 4) is 0 Å². The molecule has 3 atom stereocenters. The zero-order valence-corrected chi connectivity index (χ0v) is 14.0. The zero-order valence-electron chi connectivity index (χ0n) is 14.0. The molecule has 5 heteroatoms. The molecule has 0 radical (unpaired) electrons. The third kappa shape index (κ3) is 3.22. The number of pyridine rings is 1. The van der Waals surface area contributed by atoms with Crippen LogP contribution >= 0.6 is 0 Å². The monoisotopic (exact) mass is 325 g/mol. The smallest absolute Gasteiger partial charge is 0.226 e. The van der Waals surface area contributed by atoms with Crippen molar-refractivity contribution < 1.29 is 9.53 Å². The van der Waals surface area contributed by atoms with Crippen LogP contribution in [-0.4, -0.2) is 33.0 Å². The van der Waals surface area contributed by atoms with E-state index in [2.05, 4.69) is 28.7 Å². The van der Waals surface area contributed by atoms with Crippen LogP contribution in [0.15, 0.2) is 42.7 Å². The van der Waals surface area contributed by atoms with Gasteiger partial charge in [-0.25, -0.2) is 0 Å². The molecule has 126 valence electrons. The van der Waals surface area contributed by atoms with Crippen molar-refractivity contribution in [3.05, 3.63) is 54.1 Å². The van der Waals surface area contributed by atoms with Crippen molar-refractivity contribution in [2.75, 3.05) is 6.54 Å². The minimum Gasteiger partial charge on any atom is -0.368 e. The van der Waals surface area contributed by atoms with Crippen LogP contribution in [0.5, 0.6) is 0 Å². The Morgan fingerprint density at radius 1 is 1.29 bits per heavy atom. The van der Waals surface area contributed by atoms with E-state index in [0.29, 0.717) is 25.6 Å². The summed E-state index contributed by atoms with van der Waals surface area (Å²) in [6, 6.07) is 9.97. The van der Waals surface area contributed by atoms with Gasteiger partial charge >= 0.3 is 0 Å². The maximum atomic E-state index is 12.7. The molecule has 1 aliphatic heterocycles. The Labute approximate surface area is 142 Å². The molecule has 1 aliphatic carbocycles. The molecule has 5 nitrogen and oxygen atoms in total. The molecule has 1 fully saturated rings. The van der Waals surface area contributed by atoms with E-state index in [4.69, 9.17) is 4.74 Å². The highest BCUT2D eigenvalue weighted by Crippen LogP contribution is 2.39. The van der Waals surface area contributed by atoms with Gasteiger partial charge in [-0.05, 0) is 36.6 Å². The van der Waals surface area contributed by atoms with Gasteiger partial charge in [-0.15, -0.1) is 0 Å². The van der Waals surface area contributed by atoms with E-state index in [1.54, 1.807) is 6.20 Å².